The van der Waals surface area contributed by atoms with Crippen LogP contribution >= 0.6 is 15.9 Å². The number of benzene rings is 1. The van der Waals surface area contributed by atoms with Gasteiger partial charge in [-0.2, -0.15) is 0 Å². The highest BCUT2D eigenvalue weighted by molar-refractivity contribution is 9.10. The Kier molecular flexibility index (Phi) is 5.20. The lowest BCUT2D eigenvalue weighted by Crippen LogP contribution is -2.20. The maximum atomic E-state index is 11.6. The van der Waals surface area contributed by atoms with Crippen LogP contribution in [0.2, 0.25) is 0 Å². The number of ether oxygens (including phenoxy) is 1. The van der Waals surface area contributed by atoms with Crippen LogP contribution in [0.1, 0.15) is 47.1 Å². The van der Waals surface area contributed by atoms with Crippen LogP contribution in [-0.4, -0.2) is 15.9 Å². The number of rotatable bonds is 5. The van der Waals surface area contributed by atoms with E-state index in [0.717, 1.165) is 15.8 Å². The molecule has 0 aliphatic carbocycles. The number of hydrogen-bond donors (Lipinski definition) is 2. The highest BCUT2D eigenvalue weighted by Crippen LogP contribution is 2.30. The van der Waals surface area contributed by atoms with Gasteiger partial charge in [0.2, 0.25) is 5.95 Å². The van der Waals surface area contributed by atoms with Gasteiger partial charge in [-0.3, -0.25) is 4.79 Å². The molecule has 2 aromatic rings. The van der Waals surface area contributed by atoms with Crippen molar-refractivity contribution in [3.8, 4) is 5.75 Å². The lowest BCUT2D eigenvalue weighted by molar-refractivity contribution is 0.0996. The van der Waals surface area contributed by atoms with E-state index in [1.165, 1.54) is 0 Å². The molecule has 122 valence electrons. The summed E-state index contributed by atoms with van der Waals surface area (Å²) >= 11 is 3.46. The molecule has 0 radical (unpaired) electrons. The monoisotopic (exact) mass is 378 g/mol. The summed E-state index contributed by atoms with van der Waals surface area (Å²) in [5, 5.41) is 0. The van der Waals surface area contributed by atoms with Crippen molar-refractivity contribution in [2.24, 2.45) is 5.73 Å². The Morgan fingerprint density at radius 1 is 1.35 bits per heavy atom. The number of aryl methyl sites for hydroxylation is 1. The van der Waals surface area contributed by atoms with Crippen molar-refractivity contribution in [2.75, 3.05) is 5.73 Å². The molecule has 0 atom stereocenters. The molecule has 4 N–H and O–H groups in total. The molecular weight excluding hydrogens is 360 g/mol. The lowest BCUT2D eigenvalue weighted by Gasteiger charge is -2.15. The minimum absolute atomic E-state index is 0.0889. The first kappa shape index (κ1) is 17.2. The Bertz CT molecular complexity index is 747. The van der Waals surface area contributed by atoms with E-state index in [4.69, 9.17) is 16.2 Å². The number of anilines is 1. The fourth-order valence-electron chi connectivity index (χ4n) is 2.33. The molecule has 0 spiro atoms. The van der Waals surface area contributed by atoms with E-state index in [2.05, 4.69) is 39.7 Å². The molecule has 2 rings (SSSR count). The van der Waals surface area contributed by atoms with Gasteiger partial charge in [0, 0.05) is 4.47 Å². The normalized spacial score (nSPS) is 10.8. The van der Waals surface area contributed by atoms with Crippen LogP contribution in [-0.2, 0) is 6.61 Å². The summed E-state index contributed by atoms with van der Waals surface area (Å²) in [4.78, 5) is 19.7. The van der Waals surface area contributed by atoms with E-state index in [-0.39, 0.29) is 24.0 Å². The smallest absolute Gasteiger partial charge is 0.252 e. The summed E-state index contributed by atoms with van der Waals surface area (Å²) in [6.07, 6.45) is 0. The van der Waals surface area contributed by atoms with Crippen LogP contribution < -0.4 is 16.2 Å². The van der Waals surface area contributed by atoms with E-state index in [0.29, 0.717) is 11.4 Å². The molecule has 0 aliphatic heterocycles. The lowest BCUT2D eigenvalue weighted by atomic mass is 10.0. The molecule has 7 heteroatoms. The number of primary amides is 1. The molecule has 1 amide bonds. The minimum atomic E-state index is -0.596. The zero-order chi connectivity index (χ0) is 17.1. The van der Waals surface area contributed by atoms with Gasteiger partial charge in [-0.15, -0.1) is 0 Å². The van der Waals surface area contributed by atoms with Gasteiger partial charge in [0.05, 0.1) is 17.0 Å². The van der Waals surface area contributed by atoms with Gasteiger partial charge in [-0.1, -0.05) is 29.8 Å². The molecule has 0 saturated carbocycles. The second kappa shape index (κ2) is 6.95. The number of aromatic nitrogens is 2. The number of nitrogens with two attached hydrogens (primary N) is 2. The van der Waals surface area contributed by atoms with Crippen molar-refractivity contribution >= 4 is 27.8 Å². The van der Waals surface area contributed by atoms with Crippen molar-refractivity contribution in [3.63, 3.8) is 0 Å². The molecule has 23 heavy (non-hydrogen) atoms. The first-order valence-corrected chi connectivity index (χ1v) is 7.94. The summed E-state index contributed by atoms with van der Waals surface area (Å²) in [6.45, 7) is 5.92. The standard InChI is InChI=1S/C16H19BrN4O2/c1-8(2)11-6-10(17)4-5-13(11)23-7-12-14(15(18)22)9(3)20-16(19)21-12/h4-6,8H,7H2,1-3H3,(H2,18,22)(H2,19,20,21). The third-order valence-electron chi connectivity index (χ3n) is 3.39. The van der Waals surface area contributed by atoms with Gasteiger partial charge >= 0.3 is 0 Å². The van der Waals surface area contributed by atoms with Crippen molar-refractivity contribution in [3.05, 3.63) is 45.2 Å². The van der Waals surface area contributed by atoms with Crippen LogP contribution in [0, 0.1) is 6.92 Å². The number of hydrogen-bond acceptors (Lipinski definition) is 5. The Morgan fingerprint density at radius 3 is 2.65 bits per heavy atom. The number of halogens is 1. The quantitative estimate of drug-likeness (QED) is 0.831. The Labute approximate surface area is 143 Å². The average molecular weight is 379 g/mol. The molecule has 0 fully saturated rings. The summed E-state index contributed by atoms with van der Waals surface area (Å²) in [7, 11) is 0. The van der Waals surface area contributed by atoms with Crippen molar-refractivity contribution in [2.45, 2.75) is 33.3 Å². The van der Waals surface area contributed by atoms with E-state index in [1.54, 1.807) is 6.92 Å². The zero-order valence-electron chi connectivity index (χ0n) is 13.3. The van der Waals surface area contributed by atoms with Crippen LogP contribution in [0.25, 0.3) is 0 Å². The highest BCUT2D eigenvalue weighted by atomic mass is 79.9. The van der Waals surface area contributed by atoms with E-state index in [1.807, 2.05) is 18.2 Å². The van der Waals surface area contributed by atoms with Crippen molar-refractivity contribution in [1.29, 1.82) is 0 Å². The van der Waals surface area contributed by atoms with E-state index < -0.39 is 5.91 Å². The predicted octanol–water partition coefficient (Wildman–Crippen LogP) is 2.93. The van der Waals surface area contributed by atoms with Gasteiger partial charge in [-0.25, -0.2) is 9.97 Å². The molecule has 0 aliphatic rings. The summed E-state index contributed by atoms with van der Waals surface area (Å²) in [5.74, 6) is 0.510. The largest absolute Gasteiger partial charge is 0.487 e. The number of amides is 1. The zero-order valence-corrected chi connectivity index (χ0v) is 14.8. The molecule has 6 nitrogen and oxygen atoms in total. The number of nitrogens with zero attached hydrogens (tertiary/aromatic N) is 2. The highest BCUT2D eigenvalue weighted by Gasteiger charge is 2.17. The molecule has 1 aromatic heterocycles. The van der Waals surface area contributed by atoms with E-state index in [9.17, 15) is 4.79 Å². The summed E-state index contributed by atoms with van der Waals surface area (Å²) in [5.41, 5.74) is 13.2. The Morgan fingerprint density at radius 2 is 2.04 bits per heavy atom. The number of nitrogen functional groups attached to an aromatic ring is 1. The fraction of sp³-hybridized carbons (Fsp3) is 0.312. The molecule has 0 unspecified atom stereocenters. The second-order valence-electron chi connectivity index (χ2n) is 5.48. The van der Waals surface area contributed by atoms with E-state index >= 15 is 0 Å². The molecule has 0 bridgehead atoms. The minimum Gasteiger partial charge on any atom is -0.487 e. The molecule has 0 saturated heterocycles. The topological polar surface area (TPSA) is 104 Å². The van der Waals surface area contributed by atoms with Crippen LogP contribution in [0.5, 0.6) is 5.75 Å². The van der Waals surface area contributed by atoms with Crippen molar-refractivity contribution in [1.82, 2.24) is 9.97 Å². The predicted molar refractivity (Wildman–Crippen MR) is 92.3 cm³/mol. The molecule has 1 heterocycles. The van der Waals surface area contributed by atoms with Crippen LogP contribution in [0.3, 0.4) is 0 Å². The molecular formula is C16H19BrN4O2. The van der Waals surface area contributed by atoms with Gasteiger partial charge in [-0.05, 0) is 36.6 Å². The maximum Gasteiger partial charge on any atom is 0.252 e. The van der Waals surface area contributed by atoms with Gasteiger partial charge in [0.15, 0.2) is 0 Å². The summed E-state index contributed by atoms with van der Waals surface area (Å²) < 4.78 is 6.85. The fourth-order valence-corrected chi connectivity index (χ4v) is 2.71. The number of carbonyl (C=O) groups excluding carboxylic acids is 1. The van der Waals surface area contributed by atoms with Gasteiger partial charge in [0.1, 0.15) is 12.4 Å². The first-order chi connectivity index (χ1) is 10.8. The Hall–Kier alpha value is -2.15. The third kappa shape index (κ3) is 3.98. The average Bonchev–Trinajstić information content (AvgIpc) is 2.44. The first-order valence-electron chi connectivity index (χ1n) is 7.14. The van der Waals surface area contributed by atoms with Crippen LogP contribution in [0.4, 0.5) is 5.95 Å². The van der Waals surface area contributed by atoms with Crippen molar-refractivity contribution < 1.29 is 9.53 Å². The van der Waals surface area contributed by atoms with Gasteiger partial charge < -0.3 is 16.2 Å². The maximum absolute atomic E-state index is 11.6. The van der Waals surface area contributed by atoms with Gasteiger partial charge in [0.25, 0.3) is 5.91 Å². The second-order valence-corrected chi connectivity index (χ2v) is 6.39. The third-order valence-corrected chi connectivity index (χ3v) is 3.88. The van der Waals surface area contributed by atoms with Crippen LogP contribution in [0.15, 0.2) is 22.7 Å². The summed E-state index contributed by atoms with van der Waals surface area (Å²) in [6, 6.07) is 5.78. The Balaban J connectivity index is 2.34. The SMILES string of the molecule is Cc1nc(N)nc(COc2ccc(Br)cc2C(C)C)c1C(N)=O. The number of carbonyl (C=O) groups is 1. The molecule has 1 aromatic carbocycles.